The Morgan fingerprint density at radius 3 is 2.54 bits per heavy atom. The zero-order chi connectivity index (χ0) is 18.5. The van der Waals surface area contributed by atoms with E-state index in [0.29, 0.717) is 32.7 Å². The van der Waals surface area contributed by atoms with Crippen molar-refractivity contribution in [2.75, 3.05) is 26.3 Å². The lowest BCUT2D eigenvalue weighted by Gasteiger charge is -2.43. The Labute approximate surface area is 153 Å². The normalized spacial score (nSPS) is 22.9. The molecule has 3 aliphatic rings. The van der Waals surface area contributed by atoms with Crippen molar-refractivity contribution in [3.63, 3.8) is 0 Å². The maximum absolute atomic E-state index is 12.9. The Morgan fingerprint density at radius 1 is 1.27 bits per heavy atom. The molecule has 0 unspecified atom stereocenters. The maximum Gasteiger partial charge on any atom is 0.410 e. The van der Waals surface area contributed by atoms with Crippen LogP contribution < -0.4 is 0 Å². The van der Waals surface area contributed by atoms with Gasteiger partial charge in [0, 0.05) is 25.1 Å². The summed E-state index contributed by atoms with van der Waals surface area (Å²) in [5.41, 5.74) is 1.30. The Balaban J connectivity index is 1.44. The second-order valence-electron chi connectivity index (χ2n) is 8.90. The van der Waals surface area contributed by atoms with E-state index >= 15 is 0 Å². The molecule has 2 saturated heterocycles. The maximum atomic E-state index is 12.9. The summed E-state index contributed by atoms with van der Waals surface area (Å²) in [5.74, 6) is 0.182. The first-order valence-electron chi connectivity index (χ1n) is 9.42. The largest absolute Gasteiger partial charge is 0.444 e. The topological polar surface area (TPSA) is 73.7 Å². The number of hydrogen-bond acceptors (Lipinski definition) is 5. The molecule has 26 heavy (non-hydrogen) atoms. The van der Waals surface area contributed by atoms with Crippen LogP contribution in [0.5, 0.6) is 0 Å². The fraction of sp³-hybridized carbons (Fsp3) is 0.737. The number of carbonyl (C=O) groups excluding carboxylic acids is 2. The van der Waals surface area contributed by atoms with E-state index in [-0.39, 0.29) is 23.3 Å². The van der Waals surface area contributed by atoms with Crippen molar-refractivity contribution in [2.45, 2.75) is 58.1 Å². The fourth-order valence-electron chi connectivity index (χ4n) is 4.21. The van der Waals surface area contributed by atoms with Crippen LogP contribution in [0.1, 0.15) is 62.1 Å². The van der Waals surface area contributed by atoms with Crippen molar-refractivity contribution in [2.24, 2.45) is 5.41 Å². The first-order valence-corrected chi connectivity index (χ1v) is 9.42. The minimum absolute atomic E-state index is 0.0490. The van der Waals surface area contributed by atoms with Crippen molar-refractivity contribution in [1.29, 1.82) is 0 Å². The van der Waals surface area contributed by atoms with E-state index in [1.807, 2.05) is 31.6 Å². The van der Waals surface area contributed by atoms with Crippen LogP contribution in [-0.4, -0.2) is 58.5 Å². The quantitative estimate of drug-likeness (QED) is 0.769. The molecule has 1 aromatic heterocycles. The highest BCUT2D eigenvalue weighted by atomic mass is 16.6. The third kappa shape index (κ3) is 3.13. The number of hydrogen-bond donors (Lipinski definition) is 0. The van der Waals surface area contributed by atoms with Gasteiger partial charge in [0.2, 0.25) is 0 Å². The highest BCUT2D eigenvalue weighted by molar-refractivity contribution is 5.97. The summed E-state index contributed by atoms with van der Waals surface area (Å²) >= 11 is 0. The summed E-state index contributed by atoms with van der Waals surface area (Å²) in [6.07, 6.45) is 4.66. The molecule has 2 aliphatic heterocycles. The molecule has 1 amide bonds. The molecule has 0 atom stereocenters. The monoisotopic (exact) mass is 361 g/mol. The minimum Gasteiger partial charge on any atom is -0.444 e. The summed E-state index contributed by atoms with van der Waals surface area (Å²) in [6.45, 7) is 8.19. The van der Waals surface area contributed by atoms with E-state index in [1.54, 1.807) is 4.90 Å². The van der Waals surface area contributed by atoms with Gasteiger partial charge in [0.15, 0.2) is 5.78 Å². The molecule has 7 nitrogen and oxygen atoms in total. The van der Waals surface area contributed by atoms with Crippen molar-refractivity contribution in [3.8, 4) is 0 Å². The van der Waals surface area contributed by atoms with Gasteiger partial charge in [-0.25, -0.2) is 4.79 Å². The summed E-state index contributed by atoms with van der Waals surface area (Å²) in [6, 6.07) is 0.200. The molecule has 3 heterocycles. The van der Waals surface area contributed by atoms with E-state index < -0.39 is 5.60 Å². The number of rotatable bonds is 1. The van der Waals surface area contributed by atoms with Crippen LogP contribution in [0.15, 0.2) is 6.20 Å². The molecule has 2 fully saturated rings. The first-order chi connectivity index (χ1) is 12.3. The highest BCUT2D eigenvalue weighted by Gasteiger charge is 2.44. The zero-order valence-electron chi connectivity index (χ0n) is 15.8. The molecule has 142 valence electrons. The number of carbonyl (C=O) groups is 2. The average molecular weight is 361 g/mol. The van der Waals surface area contributed by atoms with E-state index in [2.05, 4.69) is 5.10 Å². The zero-order valence-corrected chi connectivity index (χ0v) is 15.8. The molecule has 0 radical (unpaired) electrons. The Bertz CT molecular complexity index is 722. The van der Waals surface area contributed by atoms with E-state index in [0.717, 1.165) is 30.5 Å². The molecule has 0 saturated carbocycles. The fourth-order valence-corrected chi connectivity index (χ4v) is 4.21. The standard InChI is InChI=1S/C19H27N3O4/c1-18(2,3)26-17(24)21-6-4-19(5-7-21)8-13-10-20-22(14-11-25-12-14)16(13)15(23)9-19/h10,14H,4-9,11-12H2,1-3H3. The summed E-state index contributed by atoms with van der Waals surface area (Å²) in [4.78, 5) is 26.9. The van der Waals surface area contributed by atoms with E-state index in [1.165, 1.54) is 0 Å². The number of piperidine rings is 1. The van der Waals surface area contributed by atoms with Crippen LogP contribution in [0.25, 0.3) is 0 Å². The van der Waals surface area contributed by atoms with Crippen molar-refractivity contribution in [1.82, 2.24) is 14.7 Å². The van der Waals surface area contributed by atoms with Gasteiger partial charge in [-0.15, -0.1) is 0 Å². The van der Waals surface area contributed by atoms with Crippen LogP contribution in [0.2, 0.25) is 0 Å². The van der Waals surface area contributed by atoms with Gasteiger partial charge in [0.05, 0.1) is 25.5 Å². The molecular weight excluding hydrogens is 334 g/mol. The second-order valence-corrected chi connectivity index (χ2v) is 8.90. The van der Waals surface area contributed by atoms with Crippen LogP contribution in [0.4, 0.5) is 4.79 Å². The van der Waals surface area contributed by atoms with Crippen LogP contribution >= 0.6 is 0 Å². The van der Waals surface area contributed by atoms with Gasteiger partial charge < -0.3 is 14.4 Å². The third-order valence-corrected chi connectivity index (χ3v) is 5.68. The summed E-state index contributed by atoms with van der Waals surface area (Å²) in [7, 11) is 0. The van der Waals surface area contributed by atoms with Crippen molar-refractivity contribution < 1.29 is 19.1 Å². The molecule has 0 bridgehead atoms. The molecular formula is C19H27N3O4. The van der Waals surface area contributed by atoms with Crippen LogP contribution in [0, 0.1) is 5.41 Å². The highest BCUT2D eigenvalue weighted by Crippen LogP contribution is 2.44. The van der Waals surface area contributed by atoms with E-state index in [9.17, 15) is 9.59 Å². The molecule has 1 spiro atoms. The SMILES string of the molecule is CC(C)(C)OC(=O)N1CCC2(CC1)CC(=O)c1c(cnn1C1COC1)C2. The number of nitrogens with zero attached hydrogens (tertiary/aromatic N) is 3. The lowest BCUT2D eigenvalue weighted by Crippen LogP contribution is -2.48. The molecule has 4 rings (SSSR count). The second kappa shape index (κ2) is 6.08. The number of ketones is 1. The Hall–Kier alpha value is -1.89. The van der Waals surface area contributed by atoms with Gasteiger partial charge in [0.25, 0.3) is 0 Å². The molecule has 1 aliphatic carbocycles. The van der Waals surface area contributed by atoms with Gasteiger partial charge in [-0.3, -0.25) is 9.48 Å². The summed E-state index contributed by atoms with van der Waals surface area (Å²) < 4.78 is 12.6. The first kappa shape index (κ1) is 17.5. The smallest absolute Gasteiger partial charge is 0.410 e. The van der Waals surface area contributed by atoms with Crippen LogP contribution in [-0.2, 0) is 15.9 Å². The average Bonchev–Trinajstić information content (AvgIpc) is 2.88. The number of ether oxygens (including phenoxy) is 2. The number of amides is 1. The minimum atomic E-state index is -0.484. The van der Waals surface area contributed by atoms with Crippen molar-refractivity contribution in [3.05, 3.63) is 17.5 Å². The van der Waals surface area contributed by atoms with Crippen molar-refractivity contribution >= 4 is 11.9 Å². The van der Waals surface area contributed by atoms with Gasteiger partial charge in [0.1, 0.15) is 11.3 Å². The molecule has 7 heteroatoms. The number of likely N-dealkylation sites (tertiary alicyclic amines) is 1. The Morgan fingerprint density at radius 2 is 1.96 bits per heavy atom. The summed E-state index contributed by atoms with van der Waals surface area (Å²) in [5, 5.41) is 4.46. The van der Waals surface area contributed by atoms with Gasteiger partial charge in [-0.2, -0.15) is 5.10 Å². The third-order valence-electron chi connectivity index (χ3n) is 5.68. The number of Topliss-reactive ketones (excluding diaryl/α,β-unsaturated/α-hetero) is 1. The Kier molecular flexibility index (Phi) is 4.10. The molecule has 0 aromatic carbocycles. The lowest BCUT2D eigenvalue weighted by atomic mass is 9.67. The van der Waals surface area contributed by atoms with Gasteiger partial charge >= 0.3 is 6.09 Å². The van der Waals surface area contributed by atoms with Gasteiger partial charge in [-0.1, -0.05) is 0 Å². The van der Waals surface area contributed by atoms with Crippen LogP contribution in [0.3, 0.4) is 0 Å². The van der Waals surface area contributed by atoms with Gasteiger partial charge in [-0.05, 0) is 45.4 Å². The molecule has 1 aromatic rings. The van der Waals surface area contributed by atoms with E-state index in [4.69, 9.17) is 9.47 Å². The predicted octanol–water partition coefficient (Wildman–Crippen LogP) is 2.60. The number of fused-ring (bicyclic) bond motifs is 1. The molecule has 0 N–H and O–H groups in total. The predicted molar refractivity (Wildman–Crippen MR) is 94.2 cm³/mol. The lowest BCUT2D eigenvalue weighted by molar-refractivity contribution is -0.0298. The number of aromatic nitrogens is 2.